The van der Waals surface area contributed by atoms with Crippen molar-refractivity contribution in [3.63, 3.8) is 0 Å². The highest BCUT2D eigenvalue weighted by Gasteiger charge is 2.06. The second-order valence-corrected chi connectivity index (χ2v) is 3.62. The van der Waals surface area contributed by atoms with E-state index in [2.05, 4.69) is 12.2 Å². The summed E-state index contributed by atoms with van der Waals surface area (Å²) in [6, 6.07) is 0. The first-order valence-electron chi connectivity index (χ1n) is 4.60. The lowest BCUT2D eigenvalue weighted by Gasteiger charge is -2.05. The monoisotopic (exact) mass is 191 g/mol. The molecule has 0 fully saturated rings. The fourth-order valence-corrected chi connectivity index (χ4v) is 0.981. The molecule has 72 valence electrons. The van der Waals surface area contributed by atoms with Gasteiger partial charge in [0.15, 0.2) is 0 Å². The molecule has 1 atom stereocenters. The summed E-state index contributed by atoms with van der Waals surface area (Å²) in [5.74, 6) is -0.0619. The molecule has 0 aromatic carbocycles. The van der Waals surface area contributed by atoms with Crippen molar-refractivity contribution in [3.8, 4) is 0 Å². The highest BCUT2D eigenvalue weighted by molar-refractivity contribution is 6.30. The third-order valence-corrected chi connectivity index (χ3v) is 1.89. The molecule has 12 heavy (non-hydrogen) atoms. The van der Waals surface area contributed by atoms with E-state index in [0.717, 1.165) is 13.0 Å². The summed E-state index contributed by atoms with van der Waals surface area (Å²) < 4.78 is 0. The Bertz CT molecular complexity index is 126. The summed E-state index contributed by atoms with van der Waals surface area (Å²) in [5.41, 5.74) is 0. The number of rotatable bonds is 6. The van der Waals surface area contributed by atoms with Crippen molar-refractivity contribution in [1.82, 2.24) is 5.32 Å². The topological polar surface area (TPSA) is 29.1 Å². The molecular formula is C9H18ClNO. The van der Waals surface area contributed by atoms with Crippen LogP contribution in [0.25, 0.3) is 0 Å². The van der Waals surface area contributed by atoms with Gasteiger partial charge in [0.1, 0.15) is 5.38 Å². The van der Waals surface area contributed by atoms with E-state index < -0.39 is 5.38 Å². The standard InChI is InChI=1S/C9H18ClNO/c1-3-4-5-6-7-11-9(12)8(2)10/h8H,3-7H2,1-2H3,(H,11,12). The number of carbonyl (C=O) groups excluding carboxylic acids is 1. The lowest BCUT2D eigenvalue weighted by Crippen LogP contribution is -2.30. The predicted molar refractivity (Wildman–Crippen MR) is 52.5 cm³/mol. The maximum absolute atomic E-state index is 10.9. The molecule has 2 nitrogen and oxygen atoms in total. The van der Waals surface area contributed by atoms with Gasteiger partial charge in [-0.25, -0.2) is 0 Å². The third kappa shape index (κ3) is 6.47. The molecule has 1 N–H and O–H groups in total. The molecule has 0 heterocycles. The van der Waals surface area contributed by atoms with Crippen molar-refractivity contribution in [2.45, 2.75) is 44.9 Å². The summed E-state index contributed by atoms with van der Waals surface area (Å²) in [6.07, 6.45) is 4.71. The molecule has 0 radical (unpaired) electrons. The molecule has 0 bridgehead atoms. The second-order valence-electron chi connectivity index (χ2n) is 2.97. The zero-order chi connectivity index (χ0) is 9.40. The van der Waals surface area contributed by atoms with Crippen molar-refractivity contribution in [3.05, 3.63) is 0 Å². The first-order valence-corrected chi connectivity index (χ1v) is 5.04. The van der Waals surface area contributed by atoms with Crippen LogP contribution >= 0.6 is 11.6 Å². The molecule has 3 heteroatoms. The smallest absolute Gasteiger partial charge is 0.237 e. The van der Waals surface area contributed by atoms with Gasteiger partial charge in [-0.15, -0.1) is 11.6 Å². The molecule has 0 aromatic heterocycles. The Kier molecular flexibility index (Phi) is 7.26. The van der Waals surface area contributed by atoms with Crippen LogP contribution in [0.4, 0.5) is 0 Å². The molecule has 1 unspecified atom stereocenters. The van der Waals surface area contributed by atoms with E-state index >= 15 is 0 Å². The normalized spacial score (nSPS) is 12.6. The van der Waals surface area contributed by atoms with Crippen LogP contribution in [0, 0.1) is 0 Å². The quantitative estimate of drug-likeness (QED) is 0.507. The highest BCUT2D eigenvalue weighted by Crippen LogP contribution is 1.98. The van der Waals surface area contributed by atoms with Crippen molar-refractivity contribution in [1.29, 1.82) is 0 Å². The fourth-order valence-electron chi connectivity index (χ4n) is 0.904. The molecule has 1 amide bonds. The van der Waals surface area contributed by atoms with E-state index in [1.54, 1.807) is 6.92 Å². The highest BCUT2D eigenvalue weighted by atomic mass is 35.5. The number of carbonyl (C=O) groups is 1. The Morgan fingerprint density at radius 1 is 1.42 bits per heavy atom. The van der Waals surface area contributed by atoms with Gasteiger partial charge in [0.05, 0.1) is 0 Å². The number of nitrogens with one attached hydrogen (secondary N) is 1. The third-order valence-electron chi connectivity index (χ3n) is 1.69. The van der Waals surface area contributed by atoms with E-state index in [4.69, 9.17) is 11.6 Å². The molecule has 0 aliphatic carbocycles. The van der Waals surface area contributed by atoms with Crippen molar-refractivity contribution >= 4 is 17.5 Å². The van der Waals surface area contributed by atoms with Crippen molar-refractivity contribution in [2.24, 2.45) is 0 Å². The lowest BCUT2D eigenvalue weighted by molar-refractivity contribution is -0.120. The van der Waals surface area contributed by atoms with Crippen LogP contribution in [0.15, 0.2) is 0 Å². The maximum Gasteiger partial charge on any atom is 0.237 e. The summed E-state index contributed by atoms with van der Waals surface area (Å²) >= 11 is 5.56. The number of amides is 1. The second kappa shape index (κ2) is 7.41. The lowest BCUT2D eigenvalue weighted by atomic mass is 10.2. The Morgan fingerprint density at radius 2 is 2.08 bits per heavy atom. The minimum Gasteiger partial charge on any atom is -0.355 e. The number of hydrogen-bond donors (Lipinski definition) is 1. The van der Waals surface area contributed by atoms with E-state index in [9.17, 15) is 4.79 Å². The average Bonchev–Trinajstić information content (AvgIpc) is 2.03. The van der Waals surface area contributed by atoms with Gasteiger partial charge in [0, 0.05) is 6.54 Å². The van der Waals surface area contributed by atoms with Crippen LogP contribution in [0.5, 0.6) is 0 Å². The minimum absolute atomic E-state index is 0.0619. The van der Waals surface area contributed by atoms with E-state index in [1.165, 1.54) is 19.3 Å². The van der Waals surface area contributed by atoms with Crippen LogP contribution in [-0.4, -0.2) is 17.8 Å². The maximum atomic E-state index is 10.9. The van der Waals surface area contributed by atoms with Gasteiger partial charge in [0.25, 0.3) is 0 Å². The van der Waals surface area contributed by atoms with Gasteiger partial charge in [-0.3, -0.25) is 4.79 Å². The number of hydrogen-bond acceptors (Lipinski definition) is 1. The van der Waals surface area contributed by atoms with Crippen LogP contribution in [-0.2, 0) is 4.79 Å². The predicted octanol–water partition coefficient (Wildman–Crippen LogP) is 2.31. The van der Waals surface area contributed by atoms with E-state index in [1.807, 2.05) is 0 Å². The Morgan fingerprint density at radius 3 is 2.58 bits per heavy atom. The zero-order valence-corrected chi connectivity index (χ0v) is 8.66. The van der Waals surface area contributed by atoms with Crippen molar-refractivity contribution in [2.75, 3.05) is 6.54 Å². The van der Waals surface area contributed by atoms with Gasteiger partial charge in [-0.05, 0) is 13.3 Å². The number of halogens is 1. The fraction of sp³-hybridized carbons (Fsp3) is 0.889. The summed E-state index contributed by atoms with van der Waals surface area (Å²) in [4.78, 5) is 10.9. The minimum atomic E-state index is -0.406. The average molecular weight is 192 g/mol. The zero-order valence-electron chi connectivity index (χ0n) is 7.90. The Hall–Kier alpha value is -0.240. The molecule has 0 saturated carbocycles. The SMILES string of the molecule is CCCCCCNC(=O)C(C)Cl. The molecule has 0 aliphatic rings. The molecule has 0 saturated heterocycles. The molecule has 0 rings (SSSR count). The van der Waals surface area contributed by atoms with E-state index in [0.29, 0.717) is 0 Å². The van der Waals surface area contributed by atoms with Crippen LogP contribution in [0.1, 0.15) is 39.5 Å². The van der Waals surface area contributed by atoms with Crippen molar-refractivity contribution < 1.29 is 4.79 Å². The summed E-state index contributed by atoms with van der Waals surface area (Å²) in [6.45, 7) is 4.61. The Balaban J connectivity index is 3.14. The van der Waals surface area contributed by atoms with Gasteiger partial charge in [-0.1, -0.05) is 26.2 Å². The number of unbranched alkanes of at least 4 members (excludes halogenated alkanes) is 3. The first kappa shape index (κ1) is 11.8. The van der Waals surface area contributed by atoms with Gasteiger partial charge in [-0.2, -0.15) is 0 Å². The molecular weight excluding hydrogens is 174 g/mol. The van der Waals surface area contributed by atoms with Crippen LogP contribution in [0.3, 0.4) is 0 Å². The molecule has 0 spiro atoms. The molecule has 0 aromatic rings. The van der Waals surface area contributed by atoms with Gasteiger partial charge in [0.2, 0.25) is 5.91 Å². The summed E-state index contributed by atoms with van der Waals surface area (Å²) in [7, 11) is 0. The largest absolute Gasteiger partial charge is 0.355 e. The first-order chi connectivity index (χ1) is 5.68. The Labute approximate surface area is 79.7 Å². The van der Waals surface area contributed by atoms with E-state index in [-0.39, 0.29) is 5.91 Å². The summed E-state index contributed by atoms with van der Waals surface area (Å²) in [5, 5.41) is 2.36. The molecule has 0 aliphatic heterocycles. The van der Waals surface area contributed by atoms with Crippen LogP contribution < -0.4 is 5.32 Å². The van der Waals surface area contributed by atoms with Gasteiger partial charge >= 0.3 is 0 Å². The van der Waals surface area contributed by atoms with Crippen LogP contribution in [0.2, 0.25) is 0 Å². The van der Waals surface area contributed by atoms with Gasteiger partial charge < -0.3 is 5.32 Å². The number of alkyl halides is 1.